The highest BCUT2D eigenvalue weighted by Crippen LogP contribution is 2.40. The van der Waals surface area contributed by atoms with Crippen LogP contribution in [0.25, 0.3) is 16.9 Å². The molecule has 3 unspecified atom stereocenters. The van der Waals surface area contributed by atoms with Crippen molar-refractivity contribution >= 4 is 5.65 Å². The SMILES string of the molecule is CCC(C)c1cc(C(CNCCc2cc(OC)c3nc(C4CC4)cn3c2)C2C=CC=CC2)nc(-c2cc(C(C)C)c(F)cc2F)c1C. The van der Waals surface area contributed by atoms with Crippen LogP contribution in [-0.4, -0.2) is 34.6 Å². The van der Waals surface area contributed by atoms with Gasteiger partial charge in [-0.25, -0.2) is 13.8 Å². The Labute approximate surface area is 278 Å². The molecule has 0 saturated heterocycles. The third kappa shape index (κ3) is 7.06. The lowest BCUT2D eigenvalue weighted by atomic mass is 9.82. The molecule has 2 aliphatic carbocycles. The van der Waals surface area contributed by atoms with Crippen molar-refractivity contribution in [2.24, 2.45) is 5.92 Å². The van der Waals surface area contributed by atoms with Crippen LogP contribution in [0.5, 0.6) is 5.75 Å². The van der Waals surface area contributed by atoms with Crippen LogP contribution in [0, 0.1) is 24.5 Å². The molecule has 0 radical (unpaired) electrons. The first-order chi connectivity index (χ1) is 22.7. The molecule has 0 aliphatic heterocycles. The molecule has 3 atom stereocenters. The van der Waals surface area contributed by atoms with Gasteiger partial charge in [0.25, 0.3) is 0 Å². The largest absolute Gasteiger partial charge is 0.493 e. The molecule has 0 bridgehead atoms. The van der Waals surface area contributed by atoms with Gasteiger partial charge in [0.1, 0.15) is 11.6 Å². The van der Waals surface area contributed by atoms with Gasteiger partial charge in [0.05, 0.1) is 18.5 Å². The molecule has 6 rings (SSSR count). The molecule has 47 heavy (non-hydrogen) atoms. The molecule has 3 heterocycles. The predicted molar refractivity (Wildman–Crippen MR) is 187 cm³/mol. The third-order valence-corrected chi connectivity index (χ3v) is 10.1. The second-order valence-electron chi connectivity index (χ2n) is 13.8. The Kier molecular flexibility index (Phi) is 9.93. The van der Waals surface area contributed by atoms with Crippen LogP contribution >= 0.6 is 0 Å². The number of benzene rings is 1. The topological polar surface area (TPSA) is 51.5 Å². The summed E-state index contributed by atoms with van der Waals surface area (Å²) < 4.78 is 38.1. The number of hydrogen-bond donors (Lipinski definition) is 1. The number of fused-ring (bicyclic) bond motifs is 1. The van der Waals surface area contributed by atoms with Crippen molar-refractivity contribution in [2.75, 3.05) is 20.2 Å². The van der Waals surface area contributed by atoms with E-state index < -0.39 is 11.6 Å². The lowest BCUT2D eigenvalue weighted by Gasteiger charge is -2.28. The minimum Gasteiger partial charge on any atom is -0.493 e. The Morgan fingerprint density at radius 1 is 1.00 bits per heavy atom. The molecule has 5 nitrogen and oxygen atoms in total. The first-order valence-corrected chi connectivity index (χ1v) is 17.3. The number of allylic oxidation sites excluding steroid dienone is 4. The zero-order chi connectivity index (χ0) is 33.2. The molecular formula is C40H48F2N4O. The van der Waals surface area contributed by atoms with E-state index in [2.05, 4.69) is 72.4 Å². The Morgan fingerprint density at radius 3 is 2.49 bits per heavy atom. The van der Waals surface area contributed by atoms with Crippen LogP contribution in [0.4, 0.5) is 8.78 Å². The van der Waals surface area contributed by atoms with Crippen molar-refractivity contribution in [3.63, 3.8) is 0 Å². The van der Waals surface area contributed by atoms with Gasteiger partial charge in [-0.05, 0) is 104 Å². The minimum atomic E-state index is -0.570. The number of aromatic nitrogens is 3. The molecule has 2 aliphatic rings. The third-order valence-electron chi connectivity index (χ3n) is 10.1. The summed E-state index contributed by atoms with van der Waals surface area (Å²) in [5.41, 5.74) is 7.78. The standard InChI is InChI=1S/C40H48F2N4O/c1-7-25(4)31-19-36(44-39(26(31)5)32-18-30(24(2)3)34(41)20-35(32)42)33(28-11-9-8-10-12-28)21-43-16-15-27-17-38(47-6)40-45-37(29-13-14-29)23-46(40)22-27/h8-11,17-20,22-25,28-29,33,43H,7,12-16,21H2,1-6H3. The van der Waals surface area contributed by atoms with Crippen LogP contribution < -0.4 is 10.1 Å². The van der Waals surface area contributed by atoms with Crippen LogP contribution in [0.2, 0.25) is 0 Å². The molecule has 1 fully saturated rings. The fourth-order valence-electron chi connectivity index (χ4n) is 6.89. The van der Waals surface area contributed by atoms with Crippen molar-refractivity contribution in [1.29, 1.82) is 0 Å². The normalized spacial score (nSPS) is 17.5. The predicted octanol–water partition coefficient (Wildman–Crippen LogP) is 9.55. The number of nitrogens with one attached hydrogen (secondary N) is 1. The number of rotatable bonds is 13. The molecule has 3 aromatic heterocycles. The van der Waals surface area contributed by atoms with Gasteiger partial charge in [-0.15, -0.1) is 0 Å². The van der Waals surface area contributed by atoms with Gasteiger partial charge >= 0.3 is 0 Å². The maximum absolute atomic E-state index is 15.5. The fraction of sp³-hybridized carbons (Fsp3) is 0.450. The number of halogens is 2. The summed E-state index contributed by atoms with van der Waals surface area (Å²) in [4.78, 5) is 10.1. The van der Waals surface area contributed by atoms with E-state index >= 15 is 4.39 Å². The summed E-state index contributed by atoms with van der Waals surface area (Å²) in [6.45, 7) is 11.8. The quantitative estimate of drug-likeness (QED) is 0.148. The highest BCUT2D eigenvalue weighted by molar-refractivity contribution is 5.67. The van der Waals surface area contributed by atoms with Crippen LogP contribution in [0.15, 0.2) is 61.0 Å². The van der Waals surface area contributed by atoms with Gasteiger partial charge in [-0.1, -0.05) is 52.0 Å². The molecule has 7 heteroatoms. The summed E-state index contributed by atoms with van der Waals surface area (Å²) in [7, 11) is 1.71. The maximum atomic E-state index is 15.5. The maximum Gasteiger partial charge on any atom is 0.179 e. The zero-order valence-electron chi connectivity index (χ0n) is 28.6. The summed E-state index contributed by atoms with van der Waals surface area (Å²) in [6, 6.07) is 7.04. The molecular weight excluding hydrogens is 590 g/mol. The van der Waals surface area contributed by atoms with Gasteiger partial charge in [0.15, 0.2) is 11.4 Å². The van der Waals surface area contributed by atoms with Gasteiger partial charge in [0, 0.05) is 48.1 Å². The van der Waals surface area contributed by atoms with Crippen molar-refractivity contribution in [1.82, 2.24) is 19.7 Å². The number of methoxy groups -OCH3 is 1. The number of pyridine rings is 2. The van der Waals surface area contributed by atoms with Gasteiger partial charge < -0.3 is 14.5 Å². The molecule has 1 N–H and O–H groups in total. The molecule has 4 aromatic rings. The second-order valence-corrected chi connectivity index (χ2v) is 13.8. The number of hydrogen-bond acceptors (Lipinski definition) is 4. The number of ether oxygens (including phenoxy) is 1. The van der Waals surface area contributed by atoms with E-state index in [-0.39, 0.29) is 23.7 Å². The average molecular weight is 639 g/mol. The first-order valence-electron chi connectivity index (χ1n) is 17.3. The Balaban J connectivity index is 1.30. The van der Waals surface area contributed by atoms with E-state index in [9.17, 15) is 4.39 Å². The monoisotopic (exact) mass is 638 g/mol. The molecule has 0 amide bonds. The molecule has 1 saturated carbocycles. The number of imidazole rings is 1. The minimum absolute atomic E-state index is 0.0678. The lowest BCUT2D eigenvalue weighted by molar-refractivity contribution is 0.416. The van der Waals surface area contributed by atoms with Gasteiger partial charge in [-0.3, -0.25) is 4.98 Å². The van der Waals surface area contributed by atoms with E-state index in [4.69, 9.17) is 14.7 Å². The average Bonchev–Trinajstić information content (AvgIpc) is 3.83. The van der Waals surface area contributed by atoms with Crippen LogP contribution in [0.3, 0.4) is 0 Å². The molecule has 248 valence electrons. The van der Waals surface area contributed by atoms with Crippen molar-refractivity contribution < 1.29 is 13.5 Å². The summed E-state index contributed by atoms with van der Waals surface area (Å²) >= 11 is 0. The van der Waals surface area contributed by atoms with Crippen molar-refractivity contribution in [3.8, 4) is 17.0 Å². The second kappa shape index (κ2) is 14.1. The van der Waals surface area contributed by atoms with Gasteiger partial charge in [-0.2, -0.15) is 0 Å². The Bertz CT molecular complexity index is 1800. The van der Waals surface area contributed by atoms with Crippen LogP contribution in [0.1, 0.15) is 111 Å². The Morgan fingerprint density at radius 2 is 1.81 bits per heavy atom. The van der Waals surface area contributed by atoms with E-state index in [0.29, 0.717) is 22.7 Å². The Hall–Kier alpha value is -3.84. The van der Waals surface area contributed by atoms with Crippen LogP contribution in [-0.2, 0) is 6.42 Å². The fourth-order valence-corrected chi connectivity index (χ4v) is 6.89. The van der Waals surface area contributed by atoms with E-state index in [1.807, 2.05) is 20.8 Å². The highest BCUT2D eigenvalue weighted by Gasteiger charge is 2.28. The van der Waals surface area contributed by atoms with E-state index in [1.165, 1.54) is 24.0 Å². The van der Waals surface area contributed by atoms with Gasteiger partial charge in [0.2, 0.25) is 0 Å². The lowest BCUT2D eigenvalue weighted by Crippen LogP contribution is -2.29. The van der Waals surface area contributed by atoms with Crippen molar-refractivity contribution in [3.05, 3.63) is 106 Å². The summed E-state index contributed by atoms with van der Waals surface area (Å²) in [5, 5.41) is 3.74. The van der Waals surface area contributed by atoms with E-state index in [1.54, 1.807) is 13.2 Å². The summed E-state index contributed by atoms with van der Waals surface area (Å²) in [6.07, 6.45) is 18.1. The zero-order valence-corrected chi connectivity index (χ0v) is 28.6. The summed E-state index contributed by atoms with van der Waals surface area (Å²) in [5.74, 6) is 0.815. The molecule has 0 spiro atoms. The molecule has 1 aromatic carbocycles. The first kappa shape index (κ1) is 33.1. The highest BCUT2D eigenvalue weighted by atomic mass is 19.1. The smallest absolute Gasteiger partial charge is 0.179 e. The van der Waals surface area contributed by atoms with Crippen molar-refractivity contribution in [2.45, 2.75) is 90.4 Å². The van der Waals surface area contributed by atoms with E-state index in [0.717, 1.165) is 66.8 Å². The number of nitrogens with zero attached hydrogens (tertiary/aromatic N) is 3.